The number of nitrogens with two attached hydrogens (primary N) is 1. The number of benzene rings is 1. The Balaban J connectivity index is 1.91. The minimum Gasteiger partial charge on any atom is -0.409 e. The van der Waals surface area contributed by atoms with Gasteiger partial charge in [0.1, 0.15) is 10.7 Å². The third-order valence-corrected chi connectivity index (χ3v) is 3.73. The molecule has 0 unspecified atom stereocenters. The Hall–Kier alpha value is -2.54. The fourth-order valence-electron chi connectivity index (χ4n) is 1.91. The average molecular weight is 299 g/mol. The van der Waals surface area contributed by atoms with E-state index in [1.54, 1.807) is 12.1 Å². The maximum atomic E-state index is 8.69. The minimum atomic E-state index is -0.0160. The van der Waals surface area contributed by atoms with Crippen LogP contribution in [0, 0.1) is 6.92 Å². The third kappa shape index (κ3) is 2.82. The standard InChI is InChI=1S/C14H13N5OS/c1-8-5-6-9-11(7-8)18-14(17-9)21-12-4-2-3-10(16-12)13(15)19-20/h2-7,20H,1H3,(H2,15,19)(H,17,18). The van der Waals surface area contributed by atoms with Crippen molar-refractivity contribution in [3.63, 3.8) is 0 Å². The number of aryl methyl sites for hydroxylation is 1. The van der Waals surface area contributed by atoms with E-state index in [1.165, 1.54) is 17.3 Å². The minimum absolute atomic E-state index is 0.0160. The van der Waals surface area contributed by atoms with Crippen molar-refractivity contribution < 1.29 is 5.21 Å². The SMILES string of the molecule is Cc1ccc2nc(Sc3cccc(C(N)=NO)n3)[nH]c2c1. The zero-order chi connectivity index (χ0) is 14.8. The number of nitrogens with zero attached hydrogens (tertiary/aromatic N) is 3. The molecular weight excluding hydrogens is 286 g/mol. The first kappa shape index (κ1) is 13.4. The topological polar surface area (TPSA) is 100 Å². The molecule has 0 saturated heterocycles. The molecule has 0 radical (unpaired) electrons. The molecule has 3 rings (SSSR count). The summed E-state index contributed by atoms with van der Waals surface area (Å²) < 4.78 is 0. The van der Waals surface area contributed by atoms with E-state index in [9.17, 15) is 0 Å². The van der Waals surface area contributed by atoms with Gasteiger partial charge in [0.05, 0.1) is 11.0 Å². The largest absolute Gasteiger partial charge is 0.409 e. The van der Waals surface area contributed by atoms with Crippen molar-refractivity contribution in [2.75, 3.05) is 0 Å². The molecule has 0 aliphatic heterocycles. The number of H-pyrrole nitrogens is 1. The van der Waals surface area contributed by atoms with Gasteiger partial charge in [0.2, 0.25) is 0 Å². The lowest BCUT2D eigenvalue weighted by molar-refractivity contribution is 0.318. The molecule has 3 aromatic rings. The summed E-state index contributed by atoms with van der Waals surface area (Å²) in [7, 11) is 0. The molecule has 0 fully saturated rings. The highest BCUT2D eigenvalue weighted by Crippen LogP contribution is 2.26. The molecule has 1 aromatic carbocycles. The Bertz CT molecular complexity index is 827. The van der Waals surface area contributed by atoms with Crippen molar-refractivity contribution in [3.8, 4) is 0 Å². The first-order valence-corrected chi connectivity index (χ1v) is 7.06. The molecule has 6 nitrogen and oxygen atoms in total. The quantitative estimate of drug-likeness (QED) is 0.298. The lowest BCUT2D eigenvalue weighted by Gasteiger charge is -2.00. The molecule has 106 valence electrons. The van der Waals surface area contributed by atoms with Crippen molar-refractivity contribution in [2.24, 2.45) is 10.9 Å². The zero-order valence-electron chi connectivity index (χ0n) is 11.2. The Morgan fingerprint density at radius 2 is 2.14 bits per heavy atom. The van der Waals surface area contributed by atoms with Crippen LogP contribution in [0.3, 0.4) is 0 Å². The summed E-state index contributed by atoms with van der Waals surface area (Å²) in [5.74, 6) is -0.0160. The van der Waals surface area contributed by atoms with Gasteiger partial charge in [0, 0.05) is 0 Å². The van der Waals surface area contributed by atoms with Crippen LogP contribution < -0.4 is 5.73 Å². The summed E-state index contributed by atoms with van der Waals surface area (Å²) in [6.07, 6.45) is 0. The molecular formula is C14H13N5OS. The molecule has 7 heteroatoms. The molecule has 0 saturated carbocycles. The van der Waals surface area contributed by atoms with Gasteiger partial charge in [-0.05, 0) is 48.5 Å². The van der Waals surface area contributed by atoms with Gasteiger partial charge in [-0.15, -0.1) is 0 Å². The molecule has 4 N–H and O–H groups in total. The fraction of sp³-hybridized carbons (Fsp3) is 0.0714. The van der Waals surface area contributed by atoms with Crippen molar-refractivity contribution >= 4 is 28.6 Å². The van der Waals surface area contributed by atoms with Gasteiger partial charge in [-0.2, -0.15) is 0 Å². The molecule has 0 aliphatic carbocycles. The van der Waals surface area contributed by atoms with Crippen molar-refractivity contribution in [2.45, 2.75) is 17.1 Å². The summed E-state index contributed by atoms with van der Waals surface area (Å²) in [6.45, 7) is 2.04. The number of oxime groups is 1. The second-order valence-electron chi connectivity index (χ2n) is 4.51. The predicted molar refractivity (Wildman–Crippen MR) is 81.7 cm³/mol. The number of aromatic amines is 1. The number of fused-ring (bicyclic) bond motifs is 1. The Morgan fingerprint density at radius 1 is 1.29 bits per heavy atom. The summed E-state index contributed by atoms with van der Waals surface area (Å²) in [4.78, 5) is 12.1. The summed E-state index contributed by atoms with van der Waals surface area (Å²) in [5, 5.41) is 13.1. The van der Waals surface area contributed by atoms with Crippen molar-refractivity contribution in [1.29, 1.82) is 0 Å². The van der Waals surface area contributed by atoms with E-state index in [1.807, 2.05) is 31.2 Å². The normalized spacial score (nSPS) is 12.0. The van der Waals surface area contributed by atoms with E-state index < -0.39 is 0 Å². The van der Waals surface area contributed by atoms with Crippen LogP contribution in [0.4, 0.5) is 0 Å². The van der Waals surface area contributed by atoms with Crippen molar-refractivity contribution in [1.82, 2.24) is 15.0 Å². The molecule has 0 spiro atoms. The number of pyridine rings is 1. The second kappa shape index (κ2) is 5.45. The number of imidazole rings is 1. The Labute approximate surface area is 125 Å². The molecule has 0 amide bonds. The first-order valence-electron chi connectivity index (χ1n) is 6.25. The lowest BCUT2D eigenvalue weighted by atomic mass is 10.2. The van der Waals surface area contributed by atoms with Crippen LogP contribution in [0.25, 0.3) is 11.0 Å². The number of amidine groups is 1. The van der Waals surface area contributed by atoms with E-state index in [0.717, 1.165) is 21.2 Å². The van der Waals surface area contributed by atoms with E-state index in [0.29, 0.717) is 5.69 Å². The van der Waals surface area contributed by atoms with Gasteiger partial charge in [-0.3, -0.25) is 0 Å². The highest BCUT2D eigenvalue weighted by atomic mass is 32.2. The van der Waals surface area contributed by atoms with Gasteiger partial charge < -0.3 is 15.9 Å². The van der Waals surface area contributed by atoms with Crippen molar-refractivity contribution in [3.05, 3.63) is 47.7 Å². The molecule has 2 heterocycles. The van der Waals surface area contributed by atoms with E-state index in [-0.39, 0.29) is 5.84 Å². The average Bonchev–Trinajstić information content (AvgIpc) is 2.88. The second-order valence-corrected chi connectivity index (χ2v) is 5.52. The molecule has 0 bridgehead atoms. The smallest absolute Gasteiger partial charge is 0.188 e. The summed E-state index contributed by atoms with van der Waals surface area (Å²) in [5.41, 5.74) is 9.04. The van der Waals surface area contributed by atoms with E-state index in [4.69, 9.17) is 10.9 Å². The number of aromatic nitrogens is 3. The molecule has 21 heavy (non-hydrogen) atoms. The van der Waals surface area contributed by atoms with Crippen LogP contribution in [0.15, 0.2) is 51.7 Å². The zero-order valence-corrected chi connectivity index (χ0v) is 12.1. The van der Waals surface area contributed by atoms with Crippen LogP contribution in [0.5, 0.6) is 0 Å². The Morgan fingerprint density at radius 3 is 2.95 bits per heavy atom. The third-order valence-electron chi connectivity index (χ3n) is 2.91. The van der Waals surface area contributed by atoms with E-state index >= 15 is 0 Å². The molecule has 0 aliphatic rings. The van der Waals surface area contributed by atoms with Crippen LogP contribution >= 0.6 is 11.8 Å². The van der Waals surface area contributed by atoms with E-state index in [2.05, 4.69) is 20.1 Å². The van der Waals surface area contributed by atoms with Crippen LogP contribution in [-0.4, -0.2) is 26.0 Å². The fourth-order valence-corrected chi connectivity index (χ4v) is 2.71. The number of hydrogen-bond donors (Lipinski definition) is 3. The maximum absolute atomic E-state index is 8.69. The number of rotatable bonds is 3. The van der Waals surface area contributed by atoms with Crippen LogP contribution in [0.1, 0.15) is 11.3 Å². The van der Waals surface area contributed by atoms with Crippen LogP contribution in [-0.2, 0) is 0 Å². The number of hydrogen-bond acceptors (Lipinski definition) is 5. The van der Waals surface area contributed by atoms with Gasteiger partial charge >= 0.3 is 0 Å². The van der Waals surface area contributed by atoms with Crippen LogP contribution in [0.2, 0.25) is 0 Å². The highest BCUT2D eigenvalue weighted by Gasteiger charge is 2.08. The maximum Gasteiger partial charge on any atom is 0.188 e. The lowest BCUT2D eigenvalue weighted by Crippen LogP contribution is -2.14. The summed E-state index contributed by atoms with van der Waals surface area (Å²) >= 11 is 1.39. The summed E-state index contributed by atoms with van der Waals surface area (Å²) in [6, 6.07) is 11.4. The van der Waals surface area contributed by atoms with Gasteiger partial charge in [0.25, 0.3) is 0 Å². The van der Waals surface area contributed by atoms with Gasteiger partial charge in [-0.1, -0.05) is 17.3 Å². The molecule has 0 atom stereocenters. The first-order chi connectivity index (χ1) is 10.2. The predicted octanol–water partition coefficient (Wildman–Crippen LogP) is 2.51. The highest BCUT2D eigenvalue weighted by molar-refractivity contribution is 7.99. The monoisotopic (exact) mass is 299 g/mol. The van der Waals surface area contributed by atoms with Gasteiger partial charge in [0.15, 0.2) is 11.0 Å². The molecule has 2 aromatic heterocycles. The van der Waals surface area contributed by atoms with Gasteiger partial charge in [-0.25, -0.2) is 9.97 Å². The number of nitrogens with one attached hydrogen (secondary N) is 1. The Kier molecular flexibility index (Phi) is 3.49.